The van der Waals surface area contributed by atoms with Crippen LogP contribution in [0.4, 0.5) is 0 Å². The summed E-state index contributed by atoms with van der Waals surface area (Å²) in [7, 11) is 1.89. The summed E-state index contributed by atoms with van der Waals surface area (Å²) in [6, 6.07) is 8.15. The Labute approximate surface area is 116 Å². The Kier molecular flexibility index (Phi) is 3.12. The van der Waals surface area contributed by atoms with Gasteiger partial charge in [0, 0.05) is 29.1 Å². The first-order chi connectivity index (χ1) is 9.20. The number of benzene rings is 1. The van der Waals surface area contributed by atoms with Gasteiger partial charge in [0.1, 0.15) is 6.10 Å². The highest BCUT2D eigenvalue weighted by molar-refractivity contribution is 7.17. The van der Waals surface area contributed by atoms with E-state index in [2.05, 4.69) is 29.5 Å². The summed E-state index contributed by atoms with van der Waals surface area (Å²) in [6.07, 6.45) is 2.13. The van der Waals surface area contributed by atoms with E-state index in [9.17, 15) is 5.11 Å². The molecule has 98 valence electrons. The maximum absolute atomic E-state index is 10.7. The molecule has 1 atom stereocenters. The Balaban J connectivity index is 2.12. The molecule has 3 rings (SSSR count). The number of aliphatic hydroxyl groups is 1. The van der Waals surface area contributed by atoms with Gasteiger partial charge in [-0.3, -0.25) is 4.68 Å². The molecule has 3 nitrogen and oxygen atoms in total. The second-order valence-electron chi connectivity index (χ2n) is 4.65. The first kappa shape index (κ1) is 12.4. The van der Waals surface area contributed by atoms with E-state index in [1.165, 1.54) is 5.39 Å². The van der Waals surface area contributed by atoms with Gasteiger partial charge in [0.25, 0.3) is 0 Å². The molecule has 0 amide bonds. The van der Waals surface area contributed by atoms with E-state index in [-0.39, 0.29) is 0 Å². The number of nitrogens with zero attached hydrogens (tertiary/aromatic N) is 2. The molecule has 0 spiro atoms. The Morgan fingerprint density at radius 2 is 2.16 bits per heavy atom. The van der Waals surface area contributed by atoms with Crippen LogP contribution in [0.15, 0.2) is 35.8 Å². The van der Waals surface area contributed by atoms with Crippen molar-refractivity contribution in [3.8, 4) is 0 Å². The number of aryl methyl sites for hydroxylation is 2. The molecule has 0 aliphatic rings. The number of fused-ring (bicyclic) bond motifs is 1. The summed E-state index contributed by atoms with van der Waals surface area (Å²) < 4.78 is 2.92. The van der Waals surface area contributed by atoms with Crippen LogP contribution in [0.3, 0.4) is 0 Å². The first-order valence-electron chi connectivity index (χ1n) is 6.37. The van der Waals surface area contributed by atoms with Gasteiger partial charge in [-0.15, -0.1) is 11.3 Å². The van der Waals surface area contributed by atoms with Crippen molar-refractivity contribution in [1.82, 2.24) is 9.78 Å². The highest BCUT2D eigenvalue weighted by Gasteiger charge is 2.19. The zero-order chi connectivity index (χ0) is 13.4. The fraction of sp³-hybridized carbons (Fsp3) is 0.267. The van der Waals surface area contributed by atoms with E-state index in [1.54, 1.807) is 16.0 Å². The van der Waals surface area contributed by atoms with Crippen molar-refractivity contribution in [2.75, 3.05) is 0 Å². The van der Waals surface area contributed by atoms with Gasteiger partial charge in [0.05, 0.1) is 5.69 Å². The third kappa shape index (κ3) is 2.07. The van der Waals surface area contributed by atoms with Crippen LogP contribution in [-0.2, 0) is 13.5 Å². The lowest BCUT2D eigenvalue weighted by atomic mass is 10.0. The van der Waals surface area contributed by atoms with E-state index in [0.29, 0.717) is 0 Å². The van der Waals surface area contributed by atoms with Crippen molar-refractivity contribution in [1.29, 1.82) is 0 Å². The molecule has 0 aliphatic carbocycles. The van der Waals surface area contributed by atoms with Crippen LogP contribution in [0.5, 0.6) is 0 Å². The number of aliphatic hydroxyl groups excluding tert-OH is 1. The standard InChI is InChI=1S/C15H16N2OS/c1-3-13-12(9-17(2)16-13)14(18)11-6-4-5-10-7-8-19-15(10)11/h4-9,14,18H,3H2,1-2H3. The lowest BCUT2D eigenvalue weighted by Gasteiger charge is -2.11. The highest BCUT2D eigenvalue weighted by Crippen LogP contribution is 2.33. The minimum Gasteiger partial charge on any atom is -0.383 e. The minimum absolute atomic E-state index is 0.606. The van der Waals surface area contributed by atoms with Gasteiger partial charge < -0.3 is 5.11 Å². The predicted molar refractivity (Wildman–Crippen MR) is 78.5 cm³/mol. The average molecular weight is 272 g/mol. The van der Waals surface area contributed by atoms with Gasteiger partial charge >= 0.3 is 0 Å². The quantitative estimate of drug-likeness (QED) is 0.794. The molecule has 0 radical (unpaired) electrons. The minimum atomic E-state index is -0.606. The monoisotopic (exact) mass is 272 g/mol. The van der Waals surface area contributed by atoms with Crippen LogP contribution in [0.25, 0.3) is 10.1 Å². The van der Waals surface area contributed by atoms with Crippen LogP contribution in [0.2, 0.25) is 0 Å². The smallest absolute Gasteiger partial charge is 0.109 e. The molecular formula is C15H16N2OS. The summed E-state index contributed by atoms with van der Waals surface area (Å²) in [6.45, 7) is 2.06. The summed E-state index contributed by atoms with van der Waals surface area (Å²) in [5.41, 5.74) is 2.84. The van der Waals surface area contributed by atoms with Crippen molar-refractivity contribution < 1.29 is 5.11 Å². The third-order valence-corrected chi connectivity index (χ3v) is 4.35. The van der Waals surface area contributed by atoms with E-state index in [1.807, 2.05) is 25.4 Å². The fourth-order valence-electron chi connectivity index (χ4n) is 2.46. The molecular weight excluding hydrogens is 256 g/mol. The van der Waals surface area contributed by atoms with Crippen molar-refractivity contribution in [2.24, 2.45) is 7.05 Å². The molecule has 3 aromatic rings. The SMILES string of the molecule is CCc1nn(C)cc1C(O)c1cccc2ccsc12. The van der Waals surface area contributed by atoms with Crippen LogP contribution in [-0.4, -0.2) is 14.9 Å². The van der Waals surface area contributed by atoms with Gasteiger partial charge in [-0.2, -0.15) is 5.10 Å². The van der Waals surface area contributed by atoms with Crippen LogP contribution >= 0.6 is 11.3 Å². The number of thiophene rings is 1. The fourth-order valence-corrected chi connectivity index (χ4v) is 3.39. The number of aromatic nitrogens is 2. The van der Waals surface area contributed by atoms with E-state index < -0.39 is 6.10 Å². The molecule has 2 heterocycles. The molecule has 1 aromatic carbocycles. The molecule has 0 aliphatic heterocycles. The van der Waals surface area contributed by atoms with Crippen molar-refractivity contribution in [3.63, 3.8) is 0 Å². The van der Waals surface area contributed by atoms with Gasteiger partial charge in [-0.1, -0.05) is 25.1 Å². The Morgan fingerprint density at radius 1 is 1.32 bits per heavy atom. The van der Waals surface area contributed by atoms with Crippen LogP contribution in [0.1, 0.15) is 29.8 Å². The lowest BCUT2D eigenvalue weighted by Crippen LogP contribution is -2.01. The number of hydrogen-bond donors (Lipinski definition) is 1. The van der Waals surface area contributed by atoms with Gasteiger partial charge in [-0.05, 0) is 23.3 Å². The third-order valence-electron chi connectivity index (χ3n) is 3.37. The zero-order valence-electron chi connectivity index (χ0n) is 11.0. The Morgan fingerprint density at radius 3 is 2.95 bits per heavy atom. The van der Waals surface area contributed by atoms with Crippen molar-refractivity contribution >= 4 is 21.4 Å². The number of rotatable bonds is 3. The lowest BCUT2D eigenvalue weighted by molar-refractivity contribution is 0.221. The topological polar surface area (TPSA) is 38.0 Å². The van der Waals surface area contributed by atoms with Crippen molar-refractivity contribution in [3.05, 3.63) is 52.7 Å². The van der Waals surface area contributed by atoms with Crippen LogP contribution in [0, 0.1) is 0 Å². The molecule has 4 heteroatoms. The average Bonchev–Trinajstić information content (AvgIpc) is 3.03. The van der Waals surface area contributed by atoms with E-state index in [4.69, 9.17) is 0 Å². The van der Waals surface area contributed by atoms with Gasteiger partial charge in [0.15, 0.2) is 0 Å². The van der Waals surface area contributed by atoms with E-state index in [0.717, 1.165) is 27.9 Å². The maximum atomic E-state index is 10.7. The maximum Gasteiger partial charge on any atom is 0.109 e. The molecule has 0 saturated heterocycles. The van der Waals surface area contributed by atoms with Crippen molar-refractivity contribution in [2.45, 2.75) is 19.4 Å². The van der Waals surface area contributed by atoms with E-state index >= 15 is 0 Å². The molecule has 0 saturated carbocycles. The largest absolute Gasteiger partial charge is 0.383 e. The predicted octanol–water partition coefficient (Wildman–Crippen LogP) is 3.28. The van der Waals surface area contributed by atoms with Gasteiger partial charge in [0.2, 0.25) is 0 Å². The Hall–Kier alpha value is -1.65. The summed E-state index contributed by atoms with van der Waals surface area (Å²) in [5, 5.41) is 18.3. The first-order valence-corrected chi connectivity index (χ1v) is 7.25. The molecule has 2 aromatic heterocycles. The normalized spacial score (nSPS) is 13.0. The highest BCUT2D eigenvalue weighted by atomic mass is 32.1. The van der Waals surface area contributed by atoms with Crippen LogP contribution < -0.4 is 0 Å². The second-order valence-corrected chi connectivity index (χ2v) is 5.56. The van der Waals surface area contributed by atoms with Gasteiger partial charge in [-0.25, -0.2) is 0 Å². The zero-order valence-corrected chi connectivity index (χ0v) is 11.8. The summed E-state index contributed by atoms with van der Waals surface area (Å²) in [4.78, 5) is 0. The molecule has 0 bridgehead atoms. The molecule has 0 fully saturated rings. The molecule has 19 heavy (non-hydrogen) atoms. The summed E-state index contributed by atoms with van der Waals surface area (Å²) in [5.74, 6) is 0. The second kappa shape index (κ2) is 4.79. The number of hydrogen-bond acceptors (Lipinski definition) is 3. The Bertz CT molecular complexity index is 714. The summed E-state index contributed by atoms with van der Waals surface area (Å²) >= 11 is 1.67. The molecule has 1 N–H and O–H groups in total. The molecule has 1 unspecified atom stereocenters.